The molecule has 1 aliphatic rings. The number of rotatable bonds is 2. The summed E-state index contributed by atoms with van der Waals surface area (Å²) in [5.74, 6) is 1.83. The van der Waals surface area contributed by atoms with Gasteiger partial charge in [0, 0.05) is 12.5 Å². The highest BCUT2D eigenvalue weighted by Gasteiger charge is 2.25. The molecule has 4 rings (SSSR count). The molecule has 0 spiro atoms. The molecule has 98 valence electrons. The molecule has 0 bridgehead atoms. The summed E-state index contributed by atoms with van der Waals surface area (Å²) in [6.07, 6.45) is 0.947. The van der Waals surface area contributed by atoms with Crippen LogP contribution in [0.25, 0.3) is 15.8 Å². The van der Waals surface area contributed by atoms with E-state index in [1.54, 1.807) is 4.52 Å². The highest BCUT2D eigenvalue weighted by molar-refractivity contribution is 7.19. The monoisotopic (exact) mass is 278 g/mol. The molecule has 0 aromatic carbocycles. The van der Waals surface area contributed by atoms with E-state index in [0.717, 1.165) is 23.8 Å². The second kappa shape index (κ2) is 3.96. The molecule has 3 aromatic heterocycles. The van der Waals surface area contributed by atoms with Gasteiger partial charge in [-0.3, -0.25) is 5.10 Å². The third-order valence-corrected chi connectivity index (χ3v) is 3.92. The van der Waals surface area contributed by atoms with Crippen LogP contribution in [0, 0.1) is 0 Å². The van der Waals surface area contributed by atoms with Gasteiger partial charge in [0.1, 0.15) is 0 Å². The minimum absolute atomic E-state index is 0.199. The van der Waals surface area contributed by atoms with Crippen molar-refractivity contribution in [3.63, 3.8) is 0 Å². The summed E-state index contributed by atoms with van der Waals surface area (Å²) >= 11 is 1.39. The van der Waals surface area contributed by atoms with Crippen molar-refractivity contribution in [3.05, 3.63) is 5.82 Å². The third-order valence-electron chi connectivity index (χ3n) is 3.02. The van der Waals surface area contributed by atoms with E-state index in [4.69, 9.17) is 10.5 Å². The van der Waals surface area contributed by atoms with Crippen LogP contribution in [0.4, 0.5) is 5.95 Å². The van der Waals surface area contributed by atoms with Gasteiger partial charge in [-0.25, -0.2) is 0 Å². The quantitative estimate of drug-likeness (QED) is 0.679. The first kappa shape index (κ1) is 10.8. The van der Waals surface area contributed by atoms with Gasteiger partial charge in [-0.2, -0.15) is 9.50 Å². The van der Waals surface area contributed by atoms with Gasteiger partial charge < -0.3 is 10.5 Å². The Balaban J connectivity index is 1.79. The first-order valence-corrected chi connectivity index (χ1v) is 6.61. The number of hydrogen-bond acceptors (Lipinski definition) is 8. The minimum atomic E-state index is 0.199. The molecule has 1 saturated heterocycles. The lowest BCUT2D eigenvalue weighted by Gasteiger charge is -2.01. The van der Waals surface area contributed by atoms with Crippen molar-refractivity contribution in [3.8, 4) is 10.8 Å². The number of ether oxygens (including phenoxy) is 1. The maximum absolute atomic E-state index is 5.49. The van der Waals surface area contributed by atoms with Crippen LogP contribution >= 0.6 is 11.3 Å². The van der Waals surface area contributed by atoms with Crippen LogP contribution in [0.5, 0.6) is 0 Å². The lowest BCUT2D eigenvalue weighted by Crippen LogP contribution is -2.04. The van der Waals surface area contributed by atoms with Gasteiger partial charge in [-0.05, 0) is 6.42 Å². The van der Waals surface area contributed by atoms with Crippen molar-refractivity contribution in [1.29, 1.82) is 0 Å². The number of fused-ring (bicyclic) bond motifs is 1. The second-order valence-electron chi connectivity index (χ2n) is 4.26. The van der Waals surface area contributed by atoms with E-state index in [-0.39, 0.29) is 11.9 Å². The molecule has 4 heterocycles. The average Bonchev–Trinajstić information content (AvgIpc) is 3.11. The standard InChI is InChI=1S/C9H10N8OS/c10-8-11-5(12-14-8)7-16-17-6(4-1-2-18-3-4)13-15-9(17)19-7/h4H,1-3H2,(H3,10,11,12,14). The van der Waals surface area contributed by atoms with Crippen LogP contribution in [0.2, 0.25) is 0 Å². The predicted molar refractivity (Wildman–Crippen MR) is 66.6 cm³/mol. The van der Waals surface area contributed by atoms with Crippen LogP contribution in [0.1, 0.15) is 18.2 Å². The molecule has 19 heavy (non-hydrogen) atoms. The van der Waals surface area contributed by atoms with E-state index in [1.165, 1.54) is 11.3 Å². The van der Waals surface area contributed by atoms with E-state index in [0.29, 0.717) is 17.4 Å². The van der Waals surface area contributed by atoms with Gasteiger partial charge in [0.2, 0.25) is 10.9 Å². The number of H-pyrrole nitrogens is 1. The number of nitrogen functional groups attached to an aromatic ring is 1. The van der Waals surface area contributed by atoms with E-state index >= 15 is 0 Å². The number of anilines is 1. The number of hydrogen-bond donors (Lipinski definition) is 2. The molecule has 1 unspecified atom stereocenters. The van der Waals surface area contributed by atoms with Crippen LogP contribution < -0.4 is 5.73 Å². The average molecular weight is 278 g/mol. The molecular formula is C9H10N8OS. The molecule has 1 fully saturated rings. The molecule has 0 saturated carbocycles. The van der Waals surface area contributed by atoms with E-state index in [9.17, 15) is 0 Å². The number of nitrogens with one attached hydrogen (secondary N) is 1. The van der Waals surface area contributed by atoms with E-state index in [1.807, 2.05) is 0 Å². The van der Waals surface area contributed by atoms with Crippen LogP contribution in [0.15, 0.2) is 0 Å². The summed E-state index contributed by atoms with van der Waals surface area (Å²) in [6.45, 7) is 1.43. The van der Waals surface area contributed by atoms with Gasteiger partial charge in [-0.1, -0.05) is 11.3 Å². The van der Waals surface area contributed by atoms with Gasteiger partial charge in [0.25, 0.3) is 0 Å². The lowest BCUT2D eigenvalue weighted by molar-refractivity contribution is 0.193. The largest absolute Gasteiger partial charge is 0.381 e. The molecule has 3 N–H and O–H groups in total. The fourth-order valence-corrected chi connectivity index (χ4v) is 2.88. The SMILES string of the molecule is Nc1n[nH]c(-c2nn3c(C4CCOC4)nnc3s2)n1. The Labute approximate surface area is 110 Å². The zero-order valence-electron chi connectivity index (χ0n) is 9.78. The van der Waals surface area contributed by atoms with Crippen molar-refractivity contribution >= 4 is 22.2 Å². The number of aromatic nitrogens is 7. The fourth-order valence-electron chi connectivity index (χ4n) is 2.09. The fraction of sp³-hybridized carbons (Fsp3) is 0.444. The van der Waals surface area contributed by atoms with Crippen molar-refractivity contribution in [2.45, 2.75) is 12.3 Å². The number of nitrogens with zero attached hydrogens (tertiary/aromatic N) is 6. The van der Waals surface area contributed by atoms with Crippen LogP contribution in [0.3, 0.4) is 0 Å². The third kappa shape index (κ3) is 1.68. The summed E-state index contributed by atoms with van der Waals surface area (Å²) in [7, 11) is 0. The molecule has 0 radical (unpaired) electrons. The van der Waals surface area contributed by atoms with E-state index in [2.05, 4.69) is 30.5 Å². The number of aromatic amines is 1. The Hall–Kier alpha value is -2.07. The zero-order chi connectivity index (χ0) is 12.8. The van der Waals surface area contributed by atoms with Gasteiger partial charge in [0.05, 0.1) is 6.61 Å². The van der Waals surface area contributed by atoms with Crippen molar-refractivity contribution < 1.29 is 4.74 Å². The molecule has 0 aliphatic carbocycles. The maximum atomic E-state index is 5.49. The minimum Gasteiger partial charge on any atom is -0.381 e. The Morgan fingerprint density at radius 2 is 2.37 bits per heavy atom. The van der Waals surface area contributed by atoms with Crippen molar-refractivity contribution in [2.24, 2.45) is 0 Å². The lowest BCUT2D eigenvalue weighted by atomic mass is 10.1. The first-order chi connectivity index (χ1) is 9.31. The maximum Gasteiger partial charge on any atom is 0.239 e. The number of nitrogens with two attached hydrogens (primary N) is 1. The first-order valence-electron chi connectivity index (χ1n) is 5.79. The normalized spacial score (nSPS) is 19.5. The zero-order valence-corrected chi connectivity index (χ0v) is 10.6. The highest BCUT2D eigenvalue weighted by atomic mass is 32.1. The molecule has 1 atom stereocenters. The summed E-state index contributed by atoms with van der Waals surface area (Å²) in [4.78, 5) is 4.78. The molecule has 9 nitrogen and oxygen atoms in total. The molecule has 10 heteroatoms. The molecule has 0 amide bonds. The molecular weight excluding hydrogens is 268 g/mol. The summed E-state index contributed by atoms with van der Waals surface area (Å²) < 4.78 is 7.12. The summed E-state index contributed by atoms with van der Waals surface area (Å²) in [5.41, 5.74) is 5.49. The van der Waals surface area contributed by atoms with Gasteiger partial charge >= 0.3 is 0 Å². The van der Waals surface area contributed by atoms with Crippen molar-refractivity contribution in [2.75, 3.05) is 18.9 Å². The predicted octanol–water partition coefficient (Wildman–Crippen LogP) is 0.0570. The smallest absolute Gasteiger partial charge is 0.239 e. The van der Waals surface area contributed by atoms with Gasteiger partial charge in [0.15, 0.2) is 16.7 Å². The summed E-state index contributed by atoms with van der Waals surface area (Å²) in [5, 5.41) is 20.0. The van der Waals surface area contributed by atoms with Crippen molar-refractivity contribution in [1.82, 2.24) is 35.0 Å². The van der Waals surface area contributed by atoms with Crippen LogP contribution in [-0.2, 0) is 4.74 Å². The Kier molecular flexibility index (Phi) is 2.26. The summed E-state index contributed by atoms with van der Waals surface area (Å²) in [6, 6.07) is 0. The highest BCUT2D eigenvalue weighted by Crippen LogP contribution is 2.28. The topological polar surface area (TPSA) is 120 Å². The Morgan fingerprint density at radius 3 is 3.11 bits per heavy atom. The van der Waals surface area contributed by atoms with E-state index < -0.39 is 0 Å². The Bertz CT molecular complexity index is 724. The van der Waals surface area contributed by atoms with Gasteiger partial charge in [-0.15, -0.1) is 20.4 Å². The van der Waals surface area contributed by atoms with Crippen LogP contribution in [-0.4, -0.2) is 48.2 Å². The molecule has 3 aromatic rings. The Morgan fingerprint density at radius 1 is 1.42 bits per heavy atom. The molecule has 1 aliphatic heterocycles. The second-order valence-corrected chi connectivity index (χ2v) is 5.22.